The zero-order chi connectivity index (χ0) is 33.3. The van der Waals surface area contributed by atoms with Crippen molar-refractivity contribution >= 4 is 44.5 Å². The van der Waals surface area contributed by atoms with Crippen LogP contribution in [0.25, 0.3) is 21.8 Å². The molecule has 1 aliphatic rings. The molecule has 6 rings (SSSR count). The van der Waals surface area contributed by atoms with Gasteiger partial charge in [0, 0.05) is 36.8 Å². The molecule has 0 atom stereocenters. The Bertz CT molecular complexity index is 2030. The lowest BCUT2D eigenvalue weighted by atomic mass is 10.1. The molecule has 0 radical (unpaired) electrons. The predicted octanol–water partition coefficient (Wildman–Crippen LogP) is 6.72. The van der Waals surface area contributed by atoms with E-state index >= 15 is 4.39 Å². The van der Waals surface area contributed by atoms with Crippen molar-refractivity contribution in [1.29, 1.82) is 0 Å². The van der Waals surface area contributed by atoms with Crippen molar-refractivity contribution < 1.29 is 30.7 Å². The number of hydrogen-bond acceptors (Lipinski definition) is 10. The van der Waals surface area contributed by atoms with E-state index in [1.165, 1.54) is 41.9 Å². The van der Waals surface area contributed by atoms with Gasteiger partial charge in [-0.2, -0.15) is 0 Å². The van der Waals surface area contributed by atoms with Crippen molar-refractivity contribution in [2.24, 2.45) is 0 Å². The van der Waals surface area contributed by atoms with Crippen molar-refractivity contribution in [2.45, 2.75) is 24.7 Å². The number of anilines is 4. The van der Waals surface area contributed by atoms with Crippen molar-refractivity contribution in [2.75, 3.05) is 41.2 Å². The molecular weight excluding hydrogens is 659 g/mol. The maximum Gasteiger partial charge on any atom is 0.267 e. The first-order valence-corrected chi connectivity index (χ1v) is 16.7. The van der Waals surface area contributed by atoms with Crippen LogP contribution >= 0.6 is 11.3 Å². The van der Waals surface area contributed by atoms with Crippen LogP contribution in [0.2, 0.25) is 0 Å². The van der Waals surface area contributed by atoms with Crippen LogP contribution in [0.1, 0.15) is 24.8 Å². The summed E-state index contributed by atoms with van der Waals surface area (Å²) in [7, 11) is -4.84. The zero-order valence-electron chi connectivity index (χ0n) is 25.0. The van der Waals surface area contributed by atoms with E-state index in [-0.39, 0.29) is 28.9 Å². The Morgan fingerprint density at radius 1 is 0.936 bits per heavy atom. The lowest BCUT2D eigenvalue weighted by molar-refractivity contribution is 0.122. The number of hydrogen-bond donors (Lipinski definition) is 2. The molecule has 2 aromatic carbocycles. The van der Waals surface area contributed by atoms with Gasteiger partial charge in [0.2, 0.25) is 5.95 Å². The third-order valence-electron chi connectivity index (χ3n) is 7.10. The standard InChI is InChI=1S/C31H27F4N7O3S2/c1-17(2)30-40-26(19-5-3-8-23(25(19)35)41-47(43,44)28-20(32)6-4-7-21(28)33)27(46-30)24-9-10-36-31(39-24)38-18-15-22(34)29(37-16-18)42-11-13-45-14-12-42/h3-10,15-17,41H,11-14H2,1-2H3,(H,36,38,39). The van der Waals surface area contributed by atoms with Gasteiger partial charge < -0.3 is 15.0 Å². The zero-order valence-corrected chi connectivity index (χ0v) is 26.6. The third kappa shape index (κ3) is 6.75. The van der Waals surface area contributed by atoms with Gasteiger partial charge in [0.15, 0.2) is 22.3 Å². The summed E-state index contributed by atoms with van der Waals surface area (Å²) in [5.41, 5.74) is 0.229. The van der Waals surface area contributed by atoms with Crippen LogP contribution in [0.15, 0.2) is 65.8 Å². The van der Waals surface area contributed by atoms with Gasteiger partial charge in [-0.05, 0) is 30.3 Å². The number of halogens is 4. The maximum atomic E-state index is 16.0. The first kappa shape index (κ1) is 32.3. The molecule has 0 unspecified atom stereocenters. The summed E-state index contributed by atoms with van der Waals surface area (Å²) in [4.78, 5) is 18.7. The molecule has 244 valence electrons. The molecule has 1 aliphatic heterocycles. The van der Waals surface area contributed by atoms with Crippen molar-refractivity contribution in [3.63, 3.8) is 0 Å². The van der Waals surface area contributed by atoms with E-state index in [0.717, 1.165) is 24.3 Å². The van der Waals surface area contributed by atoms with Crippen LogP contribution in [0, 0.1) is 23.3 Å². The van der Waals surface area contributed by atoms with E-state index in [1.54, 1.807) is 11.0 Å². The van der Waals surface area contributed by atoms with Gasteiger partial charge >= 0.3 is 0 Å². The Kier molecular flexibility index (Phi) is 9.07. The van der Waals surface area contributed by atoms with E-state index in [2.05, 4.69) is 25.3 Å². The second-order valence-electron chi connectivity index (χ2n) is 10.7. The summed E-state index contributed by atoms with van der Waals surface area (Å²) in [6.07, 6.45) is 2.94. The van der Waals surface area contributed by atoms with Gasteiger partial charge in [0.1, 0.15) is 11.6 Å². The number of nitrogens with one attached hydrogen (secondary N) is 2. The molecule has 0 spiro atoms. The third-order valence-corrected chi connectivity index (χ3v) is 9.89. The average Bonchev–Trinajstić information content (AvgIpc) is 3.48. The van der Waals surface area contributed by atoms with Crippen LogP contribution in [0.3, 0.4) is 0 Å². The number of ether oxygens (including phenoxy) is 1. The minimum absolute atomic E-state index is 0.0558. The molecule has 10 nitrogen and oxygen atoms in total. The van der Waals surface area contributed by atoms with Crippen LogP contribution in [0.4, 0.5) is 40.7 Å². The number of morpholine rings is 1. The fourth-order valence-electron chi connectivity index (χ4n) is 4.85. The fraction of sp³-hybridized carbons (Fsp3) is 0.226. The van der Waals surface area contributed by atoms with E-state index < -0.39 is 43.9 Å². The summed E-state index contributed by atoms with van der Waals surface area (Å²) >= 11 is 1.26. The molecule has 0 amide bonds. The normalized spacial score (nSPS) is 13.6. The number of thiazole rings is 1. The monoisotopic (exact) mass is 685 g/mol. The molecule has 2 N–H and O–H groups in total. The second kappa shape index (κ2) is 13.2. The lowest BCUT2D eigenvalue weighted by Crippen LogP contribution is -2.37. The molecule has 1 fully saturated rings. The van der Waals surface area contributed by atoms with Gasteiger partial charge in [0.05, 0.1) is 52.1 Å². The molecule has 3 aromatic heterocycles. The summed E-state index contributed by atoms with van der Waals surface area (Å²) in [5, 5.41) is 3.59. The first-order chi connectivity index (χ1) is 22.5. The number of benzene rings is 2. The van der Waals surface area contributed by atoms with Gasteiger partial charge in [-0.3, -0.25) is 4.72 Å². The van der Waals surface area contributed by atoms with Crippen LogP contribution in [-0.4, -0.2) is 54.7 Å². The van der Waals surface area contributed by atoms with Crippen LogP contribution in [-0.2, 0) is 14.8 Å². The molecule has 0 bridgehead atoms. The predicted molar refractivity (Wildman–Crippen MR) is 170 cm³/mol. The Morgan fingerprint density at radius 3 is 2.36 bits per heavy atom. The number of nitrogens with zero attached hydrogens (tertiary/aromatic N) is 5. The Labute approximate surface area is 271 Å². The smallest absolute Gasteiger partial charge is 0.267 e. The highest BCUT2D eigenvalue weighted by Crippen LogP contribution is 2.41. The van der Waals surface area contributed by atoms with Crippen molar-refractivity contribution in [3.8, 4) is 21.8 Å². The van der Waals surface area contributed by atoms with Gasteiger partial charge in [-0.1, -0.05) is 26.0 Å². The molecule has 5 aromatic rings. The van der Waals surface area contributed by atoms with E-state index in [9.17, 15) is 21.6 Å². The number of rotatable bonds is 9. The molecule has 0 aliphatic carbocycles. The minimum Gasteiger partial charge on any atom is -0.378 e. The highest BCUT2D eigenvalue weighted by Gasteiger charge is 2.27. The van der Waals surface area contributed by atoms with Crippen molar-refractivity contribution in [1.82, 2.24) is 19.9 Å². The summed E-state index contributed by atoms with van der Waals surface area (Å²) in [6, 6.07) is 9.42. The fourth-order valence-corrected chi connectivity index (χ4v) is 7.10. The number of pyridine rings is 1. The average molecular weight is 686 g/mol. The largest absolute Gasteiger partial charge is 0.378 e. The van der Waals surface area contributed by atoms with E-state index in [1.807, 2.05) is 18.6 Å². The molecule has 0 saturated carbocycles. The molecule has 1 saturated heterocycles. The number of aromatic nitrogens is 4. The summed E-state index contributed by atoms with van der Waals surface area (Å²) < 4.78 is 92.7. The topological polar surface area (TPSA) is 122 Å². The van der Waals surface area contributed by atoms with Crippen LogP contribution < -0.4 is 14.9 Å². The Hall–Kier alpha value is -4.67. The number of sulfonamides is 1. The van der Waals surface area contributed by atoms with Gasteiger partial charge in [0.25, 0.3) is 10.0 Å². The Balaban J connectivity index is 1.33. The summed E-state index contributed by atoms with van der Waals surface area (Å²) in [5.74, 6) is -3.90. The van der Waals surface area contributed by atoms with E-state index in [0.29, 0.717) is 47.6 Å². The van der Waals surface area contributed by atoms with E-state index in [4.69, 9.17) is 4.74 Å². The van der Waals surface area contributed by atoms with Gasteiger partial charge in [-0.25, -0.2) is 45.9 Å². The maximum absolute atomic E-state index is 16.0. The first-order valence-electron chi connectivity index (χ1n) is 14.4. The van der Waals surface area contributed by atoms with Crippen molar-refractivity contribution in [3.05, 3.63) is 89.2 Å². The SMILES string of the molecule is CC(C)c1nc(-c2cccc(NS(=O)(=O)c3c(F)cccc3F)c2F)c(-c2ccnc(Nc3cnc(N4CCOCC4)c(F)c3)n2)s1. The quantitative estimate of drug-likeness (QED) is 0.163. The molecule has 4 heterocycles. The lowest BCUT2D eigenvalue weighted by Gasteiger charge is -2.28. The van der Waals surface area contributed by atoms with Gasteiger partial charge in [-0.15, -0.1) is 11.3 Å². The molecule has 16 heteroatoms. The second-order valence-corrected chi connectivity index (χ2v) is 13.4. The molecule has 47 heavy (non-hydrogen) atoms. The highest BCUT2D eigenvalue weighted by atomic mass is 32.2. The summed E-state index contributed by atoms with van der Waals surface area (Å²) in [6.45, 7) is 5.83. The highest BCUT2D eigenvalue weighted by molar-refractivity contribution is 7.92. The Morgan fingerprint density at radius 2 is 1.66 bits per heavy atom. The minimum atomic E-state index is -4.84. The van der Waals surface area contributed by atoms with Crippen LogP contribution in [0.5, 0.6) is 0 Å². The molecular formula is C31H27F4N7O3S2.